The lowest BCUT2D eigenvalue weighted by Gasteiger charge is -2.08. The predicted molar refractivity (Wildman–Crippen MR) is 87.3 cm³/mol. The highest BCUT2D eigenvalue weighted by molar-refractivity contribution is 6.30. The SMILES string of the molecule is O=c1cccc(COc2ccc(Oc3ccc(Cl)cc3)cc2)o1. The van der Waals surface area contributed by atoms with Crippen LogP contribution < -0.4 is 15.1 Å². The summed E-state index contributed by atoms with van der Waals surface area (Å²) in [4.78, 5) is 11.1. The zero-order chi connectivity index (χ0) is 16.1. The van der Waals surface area contributed by atoms with Gasteiger partial charge in [-0.1, -0.05) is 17.7 Å². The number of ether oxygens (including phenoxy) is 2. The summed E-state index contributed by atoms with van der Waals surface area (Å²) in [7, 11) is 0. The molecule has 116 valence electrons. The van der Waals surface area contributed by atoms with Gasteiger partial charge in [0.1, 0.15) is 29.6 Å². The fourth-order valence-corrected chi connectivity index (χ4v) is 2.03. The summed E-state index contributed by atoms with van der Waals surface area (Å²) in [5, 5.41) is 0.661. The third kappa shape index (κ3) is 4.37. The molecule has 2 aromatic carbocycles. The normalized spacial score (nSPS) is 10.3. The van der Waals surface area contributed by atoms with E-state index in [1.807, 2.05) is 0 Å². The first-order valence-corrected chi connectivity index (χ1v) is 7.32. The molecule has 0 fully saturated rings. The average Bonchev–Trinajstić information content (AvgIpc) is 2.56. The standard InChI is InChI=1S/C18H13ClO4/c19-13-4-6-15(7-5-13)22-16-10-8-14(9-11-16)21-12-17-2-1-3-18(20)23-17/h1-11H,12H2. The van der Waals surface area contributed by atoms with E-state index in [9.17, 15) is 4.79 Å². The Morgan fingerprint density at radius 3 is 2.09 bits per heavy atom. The van der Waals surface area contributed by atoms with Gasteiger partial charge in [-0.05, 0) is 54.6 Å². The number of halogens is 1. The van der Waals surface area contributed by atoms with E-state index in [4.69, 9.17) is 25.5 Å². The van der Waals surface area contributed by atoms with Crippen LogP contribution in [0.4, 0.5) is 0 Å². The van der Waals surface area contributed by atoms with Crippen LogP contribution in [0, 0.1) is 0 Å². The highest BCUT2D eigenvalue weighted by Gasteiger charge is 2.01. The van der Waals surface area contributed by atoms with Crippen LogP contribution in [-0.2, 0) is 6.61 Å². The molecule has 0 unspecified atom stereocenters. The molecule has 0 amide bonds. The van der Waals surface area contributed by atoms with Crippen LogP contribution in [0.15, 0.2) is 75.9 Å². The Balaban J connectivity index is 1.60. The second-order valence-corrected chi connectivity index (χ2v) is 5.17. The van der Waals surface area contributed by atoms with Crippen molar-refractivity contribution in [3.63, 3.8) is 0 Å². The number of benzene rings is 2. The minimum Gasteiger partial charge on any atom is -0.486 e. The van der Waals surface area contributed by atoms with E-state index in [0.29, 0.717) is 28.0 Å². The van der Waals surface area contributed by atoms with Gasteiger partial charge in [0.2, 0.25) is 0 Å². The van der Waals surface area contributed by atoms with Crippen LogP contribution in [0.5, 0.6) is 17.2 Å². The minimum absolute atomic E-state index is 0.188. The van der Waals surface area contributed by atoms with Gasteiger partial charge < -0.3 is 13.9 Å². The maximum Gasteiger partial charge on any atom is 0.335 e. The van der Waals surface area contributed by atoms with Crippen LogP contribution in [0.3, 0.4) is 0 Å². The Hall–Kier alpha value is -2.72. The molecule has 1 heterocycles. The van der Waals surface area contributed by atoms with Crippen LogP contribution >= 0.6 is 11.6 Å². The highest BCUT2D eigenvalue weighted by atomic mass is 35.5. The summed E-state index contributed by atoms with van der Waals surface area (Å²) >= 11 is 5.83. The van der Waals surface area contributed by atoms with E-state index in [1.165, 1.54) is 6.07 Å². The molecule has 23 heavy (non-hydrogen) atoms. The largest absolute Gasteiger partial charge is 0.486 e. The van der Waals surface area contributed by atoms with E-state index in [1.54, 1.807) is 60.7 Å². The van der Waals surface area contributed by atoms with E-state index in [-0.39, 0.29) is 6.61 Å². The van der Waals surface area contributed by atoms with Crippen molar-refractivity contribution in [1.29, 1.82) is 0 Å². The lowest BCUT2D eigenvalue weighted by atomic mass is 10.3. The summed E-state index contributed by atoms with van der Waals surface area (Å²) < 4.78 is 16.3. The molecule has 3 rings (SSSR count). The summed E-state index contributed by atoms with van der Waals surface area (Å²) in [6, 6.07) is 19.0. The molecule has 1 aromatic heterocycles. The first-order valence-electron chi connectivity index (χ1n) is 6.94. The number of rotatable bonds is 5. The molecular formula is C18H13ClO4. The first-order chi connectivity index (χ1) is 11.2. The fraction of sp³-hybridized carbons (Fsp3) is 0.0556. The molecule has 0 atom stereocenters. The number of hydrogen-bond acceptors (Lipinski definition) is 4. The predicted octanol–water partition coefficient (Wildman–Crippen LogP) is 4.66. The van der Waals surface area contributed by atoms with Gasteiger partial charge in [-0.3, -0.25) is 0 Å². The molecule has 0 bridgehead atoms. The maximum atomic E-state index is 11.1. The molecule has 0 saturated carbocycles. The Bertz CT molecular complexity index is 823. The quantitative estimate of drug-likeness (QED) is 0.683. The van der Waals surface area contributed by atoms with Gasteiger partial charge in [-0.2, -0.15) is 0 Å². The van der Waals surface area contributed by atoms with Gasteiger partial charge >= 0.3 is 5.63 Å². The van der Waals surface area contributed by atoms with Crippen LogP contribution in [-0.4, -0.2) is 0 Å². The second kappa shape index (κ2) is 7.03. The molecular weight excluding hydrogens is 316 g/mol. The van der Waals surface area contributed by atoms with Gasteiger partial charge in [0.05, 0.1) is 0 Å². The van der Waals surface area contributed by atoms with Crippen LogP contribution in [0.25, 0.3) is 0 Å². The Morgan fingerprint density at radius 1 is 0.826 bits per heavy atom. The zero-order valence-corrected chi connectivity index (χ0v) is 12.8. The van der Waals surface area contributed by atoms with Crippen LogP contribution in [0.1, 0.15) is 5.76 Å². The Morgan fingerprint density at radius 2 is 1.43 bits per heavy atom. The lowest BCUT2D eigenvalue weighted by molar-refractivity contribution is 0.262. The summed E-state index contributed by atoms with van der Waals surface area (Å²) in [5.41, 5.74) is -0.391. The summed E-state index contributed by atoms with van der Waals surface area (Å²) in [6.45, 7) is 0.188. The topological polar surface area (TPSA) is 48.7 Å². The molecule has 0 aliphatic heterocycles. The first kappa shape index (κ1) is 15.2. The van der Waals surface area contributed by atoms with Crippen molar-refractivity contribution in [1.82, 2.24) is 0 Å². The van der Waals surface area contributed by atoms with Gasteiger partial charge in [-0.25, -0.2) is 4.79 Å². The Labute approximate surface area is 137 Å². The van der Waals surface area contributed by atoms with Crippen molar-refractivity contribution in [2.75, 3.05) is 0 Å². The monoisotopic (exact) mass is 328 g/mol. The smallest absolute Gasteiger partial charge is 0.335 e. The number of hydrogen-bond donors (Lipinski definition) is 0. The second-order valence-electron chi connectivity index (χ2n) is 4.73. The van der Waals surface area contributed by atoms with E-state index in [0.717, 1.165) is 0 Å². The summed E-state index contributed by atoms with van der Waals surface area (Å²) in [6.07, 6.45) is 0. The molecule has 0 spiro atoms. The lowest BCUT2D eigenvalue weighted by Crippen LogP contribution is -2.01. The minimum atomic E-state index is -0.391. The Kier molecular flexibility index (Phi) is 4.64. The zero-order valence-electron chi connectivity index (χ0n) is 12.1. The van der Waals surface area contributed by atoms with Crippen molar-refractivity contribution in [3.8, 4) is 17.2 Å². The van der Waals surface area contributed by atoms with Crippen molar-refractivity contribution in [3.05, 3.63) is 87.9 Å². The molecule has 0 radical (unpaired) electrons. The van der Waals surface area contributed by atoms with Crippen molar-refractivity contribution in [2.45, 2.75) is 6.61 Å². The van der Waals surface area contributed by atoms with E-state index in [2.05, 4.69) is 0 Å². The maximum absolute atomic E-state index is 11.1. The third-order valence-corrected chi connectivity index (χ3v) is 3.25. The van der Waals surface area contributed by atoms with Crippen molar-refractivity contribution < 1.29 is 13.9 Å². The van der Waals surface area contributed by atoms with Gasteiger partial charge in [0.25, 0.3) is 0 Å². The van der Waals surface area contributed by atoms with Crippen LogP contribution in [0.2, 0.25) is 5.02 Å². The van der Waals surface area contributed by atoms with E-state index >= 15 is 0 Å². The van der Waals surface area contributed by atoms with E-state index < -0.39 is 5.63 Å². The van der Waals surface area contributed by atoms with Gasteiger partial charge in [0, 0.05) is 11.1 Å². The summed E-state index contributed by atoms with van der Waals surface area (Å²) in [5.74, 6) is 2.51. The fourth-order valence-electron chi connectivity index (χ4n) is 1.91. The molecule has 0 aliphatic carbocycles. The molecule has 3 aromatic rings. The highest BCUT2D eigenvalue weighted by Crippen LogP contribution is 2.25. The van der Waals surface area contributed by atoms with Gasteiger partial charge in [-0.15, -0.1) is 0 Å². The van der Waals surface area contributed by atoms with Gasteiger partial charge in [0.15, 0.2) is 0 Å². The molecule has 5 heteroatoms. The molecule has 4 nitrogen and oxygen atoms in total. The third-order valence-electron chi connectivity index (χ3n) is 3.00. The molecule has 0 aliphatic rings. The average molecular weight is 329 g/mol. The molecule has 0 N–H and O–H groups in total. The molecule has 0 saturated heterocycles. The van der Waals surface area contributed by atoms with Crippen molar-refractivity contribution in [2.24, 2.45) is 0 Å². The van der Waals surface area contributed by atoms with Crippen molar-refractivity contribution >= 4 is 11.6 Å².